The molecule has 8 heteroatoms. The van der Waals surface area contributed by atoms with Crippen LogP contribution in [0.25, 0.3) is 22.3 Å². The third-order valence-electron chi connectivity index (χ3n) is 9.97. The number of carbonyl (C=O) groups is 2. The Morgan fingerprint density at radius 1 is 0.636 bits per heavy atom. The van der Waals surface area contributed by atoms with Gasteiger partial charge in [-0.2, -0.15) is 13.2 Å². The summed E-state index contributed by atoms with van der Waals surface area (Å²) in [6, 6.07) is 23.0. The van der Waals surface area contributed by atoms with Gasteiger partial charge in [0.05, 0.1) is 4.90 Å². The van der Waals surface area contributed by atoms with Crippen molar-refractivity contribution >= 4 is 21.4 Å². The number of benzene rings is 4. The van der Waals surface area contributed by atoms with E-state index in [1.807, 2.05) is 60.7 Å². The summed E-state index contributed by atoms with van der Waals surface area (Å²) in [6.45, 7) is 0. The van der Waals surface area contributed by atoms with Crippen molar-refractivity contribution in [1.82, 2.24) is 0 Å². The summed E-state index contributed by atoms with van der Waals surface area (Å²) in [5.74, 6) is -3.36. The lowest BCUT2D eigenvalue weighted by atomic mass is 9.73. The Bertz CT molecular complexity index is 2080. The lowest BCUT2D eigenvalue weighted by molar-refractivity contribution is -0.0436. The van der Waals surface area contributed by atoms with Crippen molar-refractivity contribution in [1.29, 1.82) is 0 Å². The number of alkyl halides is 3. The highest BCUT2D eigenvalue weighted by Gasteiger charge is 2.55. The van der Waals surface area contributed by atoms with Crippen LogP contribution in [0.2, 0.25) is 0 Å². The maximum absolute atomic E-state index is 14.7. The van der Waals surface area contributed by atoms with Gasteiger partial charge in [-0.15, -0.1) is 0 Å². The Morgan fingerprint density at radius 2 is 1.18 bits per heavy atom. The number of sulfone groups is 1. The van der Waals surface area contributed by atoms with Crippen LogP contribution in [-0.4, -0.2) is 25.5 Å². The van der Waals surface area contributed by atoms with Gasteiger partial charge in [0.25, 0.3) is 9.84 Å². The maximum Gasteiger partial charge on any atom is 0.501 e. The van der Waals surface area contributed by atoms with Crippen LogP contribution in [0.4, 0.5) is 13.2 Å². The van der Waals surface area contributed by atoms with E-state index in [4.69, 9.17) is 0 Å². The first-order valence-electron chi connectivity index (χ1n) is 14.6. The molecular weight excluding hydrogens is 585 g/mol. The molecule has 4 unspecified atom stereocenters. The number of ketones is 2. The second kappa shape index (κ2) is 9.35. The molecule has 0 aromatic heterocycles. The van der Waals surface area contributed by atoms with Crippen LogP contribution < -0.4 is 0 Å². The van der Waals surface area contributed by atoms with Gasteiger partial charge in [-0.3, -0.25) is 9.59 Å². The number of hydrogen-bond donors (Lipinski definition) is 0. The second-order valence-electron chi connectivity index (χ2n) is 12.1. The second-order valence-corrected chi connectivity index (χ2v) is 14.1. The molecule has 4 aromatic carbocycles. The number of hydrogen-bond acceptors (Lipinski definition) is 4. The minimum absolute atomic E-state index is 0.132. The molecule has 8 rings (SSSR count). The summed E-state index contributed by atoms with van der Waals surface area (Å²) in [5, 5.41) is 0. The number of rotatable bonds is 5. The van der Waals surface area contributed by atoms with Crippen molar-refractivity contribution in [3.8, 4) is 22.3 Å². The fraction of sp³-hybridized carbons (Fsp3) is 0.222. The van der Waals surface area contributed by atoms with E-state index in [0.29, 0.717) is 24.0 Å². The van der Waals surface area contributed by atoms with E-state index in [9.17, 15) is 31.2 Å². The zero-order valence-corrected chi connectivity index (χ0v) is 24.1. The number of halogens is 3. The van der Waals surface area contributed by atoms with E-state index in [-0.39, 0.29) is 29.6 Å². The first-order valence-corrected chi connectivity index (χ1v) is 16.1. The summed E-state index contributed by atoms with van der Waals surface area (Å²) in [7, 11) is -5.86. The molecule has 0 saturated heterocycles. The fourth-order valence-corrected chi connectivity index (χ4v) is 9.07. The van der Waals surface area contributed by atoms with Crippen LogP contribution in [0.5, 0.6) is 0 Å². The molecule has 0 spiro atoms. The van der Waals surface area contributed by atoms with Crippen molar-refractivity contribution in [3.05, 3.63) is 124 Å². The summed E-state index contributed by atoms with van der Waals surface area (Å²) >= 11 is 0. The summed E-state index contributed by atoms with van der Waals surface area (Å²) in [5.41, 5.74) is 0.875. The van der Waals surface area contributed by atoms with E-state index in [1.165, 1.54) is 6.07 Å². The maximum atomic E-state index is 14.7. The summed E-state index contributed by atoms with van der Waals surface area (Å²) < 4.78 is 67.9. The molecule has 0 aliphatic heterocycles. The number of Topliss-reactive ketones (excluding diaryl/α,β-unsaturated/α-hetero) is 2. The average molecular weight is 611 g/mol. The average Bonchev–Trinajstić information content (AvgIpc) is 3.79. The molecular formula is C36H25F3O4S. The normalized spacial score (nSPS) is 22.4. The molecule has 4 nitrogen and oxygen atoms in total. The van der Waals surface area contributed by atoms with Crippen LogP contribution >= 0.6 is 0 Å². The Labute approximate surface area is 252 Å². The highest BCUT2D eigenvalue weighted by atomic mass is 32.2. The largest absolute Gasteiger partial charge is 0.501 e. The van der Waals surface area contributed by atoms with Crippen molar-refractivity contribution in [3.63, 3.8) is 0 Å². The molecule has 4 aromatic rings. The van der Waals surface area contributed by atoms with Crippen molar-refractivity contribution in [2.75, 3.05) is 0 Å². The van der Waals surface area contributed by atoms with Gasteiger partial charge in [0.1, 0.15) is 0 Å². The highest BCUT2D eigenvalue weighted by molar-refractivity contribution is 7.92. The SMILES string of the molecule is O=C(c1cccc2c1Cc1ccccc1-2)C1C2C=CC(C2)C1C(=O)c1c(S(=O)(=O)C(F)(F)F)ccc2c1Cc1ccccc1-2. The number of carbonyl (C=O) groups excluding carboxylic acids is 2. The molecule has 220 valence electrons. The topological polar surface area (TPSA) is 68.3 Å². The molecule has 44 heavy (non-hydrogen) atoms. The molecule has 0 N–H and O–H groups in total. The van der Waals surface area contributed by atoms with Crippen LogP contribution in [0, 0.1) is 23.7 Å². The molecule has 0 heterocycles. The van der Waals surface area contributed by atoms with Gasteiger partial charge in [0.2, 0.25) is 0 Å². The molecule has 2 bridgehead atoms. The summed E-state index contributed by atoms with van der Waals surface area (Å²) in [6.07, 6.45) is 5.00. The monoisotopic (exact) mass is 610 g/mol. The Morgan fingerprint density at radius 3 is 1.82 bits per heavy atom. The van der Waals surface area contributed by atoms with Gasteiger partial charge in [-0.1, -0.05) is 84.9 Å². The highest BCUT2D eigenvalue weighted by Crippen LogP contribution is 2.53. The van der Waals surface area contributed by atoms with E-state index in [1.54, 1.807) is 18.2 Å². The number of allylic oxidation sites excluding steroid dienone is 2. The predicted octanol–water partition coefficient (Wildman–Crippen LogP) is 7.63. The van der Waals surface area contributed by atoms with Crippen LogP contribution in [0.15, 0.2) is 95.9 Å². The zero-order valence-electron chi connectivity index (χ0n) is 23.3. The Hall–Kier alpha value is -4.30. The molecule has 4 aliphatic carbocycles. The first-order chi connectivity index (χ1) is 21.1. The third kappa shape index (κ3) is 3.73. The van der Waals surface area contributed by atoms with E-state index in [2.05, 4.69) is 0 Å². The van der Waals surface area contributed by atoms with E-state index in [0.717, 1.165) is 39.4 Å². The first kappa shape index (κ1) is 27.3. The van der Waals surface area contributed by atoms with Gasteiger partial charge < -0.3 is 0 Å². The zero-order chi connectivity index (χ0) is 30.5. The van der Waals surface area contributed by atoms with E-state index < -0.39 is 43.4 Å². The van der Waals surface area contributed by atoms with E-state index >= 15 is 0 Å². The smallest absolute Gasteiger partial charge is 0.294 e. The number of fused-ring (bicyclic) bond motifs is 8. The van der Waals surface area contributed by atoms with Crippen LogP contribution in [0.1, 0.15) is 49.4 Å². The Kier molecular flexibility index (Phi) is 5.79. The lowest BCUT2D eigenvalue weighted by Crippen LogP contribution is -2.35. The van der Waals surface area contributed by atoms with Crippen molar-refractivity contribution in [2.45, 2.75) is 29.7 Å². The molecule has 0 amide bonds. The van der Waals surface area contributed by atoms with Crippen LogP contribution in [0.3, 0.4) is 0 Å². The molecule has 1 saturated carbocycles. The minimum Gasteiger partial charge on any atom is -0.294 e. The molecule has 1 fully saturated rings. The van der Waals surface area contributed by atoms with Crippen molar-refractivity contribution in [2.24, 2.45) is 23.7 Å². The summed E-state index contributed by atoms with van der Waals surface area (Å²) in [4.78, 5) is 28.1. The lowest BCUT2D eigenvalue weighted by Gasteiger charge is -2.28. The molecule has 4 aliphatic rings. The van der Waals surface area contributed by atoms with Crippen molar-refractivity contribution < 1.29 is 31.2 Å². The molecule has 0 radical (unpaired) electrons. The fourth-order valence-electron chi connectivity index (χ4n) is 8.08. The molecule has 4 atom stereocenters. The third-order valence-corrected chi connectivity index (χ3v) is 11.5. The van der Waals surface area contributed by atoms with Crippen LogP contribution in [-0.2, 0) is 22.7 Å². The quantitative estimate of drug-likeness (QED) is 0.149. The van der Waals surface area contributed by atoms with Gasteiger partial charge in [-0.05, 0) is 81.7 Å². The standard InChI is InChI=1S/C36H25F3O4S/c37-36(38,39)44(42,43)30-15-14-26-24-9-4-2-7-20(24)18-29(26)33(30)35(41)32-22-13-12-21(16-22)31(32)34(40)27-11-5-10-25-23-8-3-1-6-19(23)17-28(25)27/h1-15,21-22,31-32H,16-18H2. The van der Waals surface area contributed by atoms with Gasteiger partial charge >= 0.3 is 5.51 Å². The van der Waals surface area contributed by atoms with Gasteiger partial charge in [0.15, 0.2) is 11.6 Å². The van der Waals surface area contributed by atoms with Gasteiger partial charge in [0, 0.05) is 23.0 Å². The van der Waals surface area contributed by atoms with Gasteiger partial charge in [-0.25, -0.2) is 8.42 Å². The Balaban J connectivity index is 1.27. The predicted molar refractivity (Wildman–Crippen MR) is 159 cm³/mol. The minimum atomic E-state index is -5.86.